The summed E-state index contributed by atoms with van der Waals surface area (Å²) in [6.45, 7) is 2.51. The lowest BCUT2D eigenvalue weighted by Crippen LogP contribution is -2.40. The molecule has 4 heteroatoms. The van der Waals surface area contributed by atoms with Crippen molar-refractivity contribution in [2.75, 3.05) is 33.7 Å². The van der Waals surface area contributed by atoms with Crippen molar-refractivity contribution in [1.29, 1.82) is 0 Å². The van der Waals surface area contributed by atoms with Gasteiger partial charge in [0.15, 0.2) is 0 Å². The van der Waals surface area contributed by atoms with Crippen LogP contribution in [-0.4, -0.2) is 50.6 Å². The maximum atomic E-state index is 11.7. The summed E-state index contributed by atoms with van der Waals surface area (Å²) < 4.78 is 0. The van der Waals surface area contributed by atoms with Gasteiger partial charge in [-0.2, -0.15) is 0 Å². The largest absolute Gasteiger partial charge is 0.352 e. The first-order chi connectivity index (χ1) is 7.72. The van der Waals surface area contributed by atoms with E-state index in [1.807, 2.05) is 14.1 Å². The number of rotatable bonds is 7. The molecule has 0 heterocycles. The van der Waals surface area contributed by atoms with Crippen molar-refractivity contribution in [3.63, 3.8) is 0 Å². The number of nitrogens with zero attached hydrogens (tertiary/aromatic N) is 1. The van der Waals surface area contributed by atoms with Gasteiger partial charge in [-0.05, 0) is 46.4 Å². The standard InChI is InChI=1S/C12H25N3O/c1-13-8-5-9-15(2)10-12(16)14-11-6-3-4-7-11/h11,13H,3-10H2,1-2H3,(H,14,16). The van der Waals surface area contributed by atoms with Crippen LogP contribution in [-0.2, 0) is 4.79 Å². The van der Waals surface area contributed by atoms with Crippen LogP contribution < -0.4 is 10.6 Å². The molecule has 0 bridgehead atoms. The molecule has 0 saturated heterocycles. The lowest BCUT2D eigenvalue weighted by molar-refractivity contribution is -0.122. The molecule has 1 rings (SSSR count). The fraction of sp³-hybridized carbons (Fsp3) is 0.917. The van der Waals surface area contributed by atoms with E-state index >= 15 is 0 Å². The lowest BCUT2D eigenvalue weighted by Gasteiger charge is -2.18. The number of amides is 1. The molecule has 16 heavy (non-hydrogen) atoms. The average molecular weight is 227 g/mol. The summed E-state index contributed by atoms with van der Waals surface area (Å²) in [7, 11) is 3.96. The molecule has 0 aromatic heterocycles. The SMILES string of the molecule is CNCCCN(C)CC(=O)NC1CCCC1. The van der Waals surface area contributed by atoms with Gasteiger partial charge in [0.2, 0.25) is 5.91 Å². The Labute approximate surface area is 98.8 Å². The van der Waals surface area contributed by atoms with E-state index in [-0.39, 0.29) is 5.91 Å². The van der Waals surface area contributed by atoms with Gasteiger partial charge in [-0.1, -0.05) is 12.8 Å². The van der Waals surface area contributed by atoms with Gasteiger partial charge < -0.3 is 10.6 Å². The zero-order valence-electron chi connectivity index (χ0n) is 10.6. The minimum absolute atomic E-state index is 0.179. The number of carbonyl (C=O) groups is 1. The highest BCUT2D eigenvalue weighted by Crippen LogP contribution is 2.17. The quantitative estimate of drug-likeness (QED) is 0.626. The second-order valence-electron chi connectivity index (χ2n) is 4.74. The average Bonchev–Trinajstić information content (AvgIpc) is 2.70. The van der Waals surface area contributed by atoms with E-state index < -0.39 is 0 Å². The van der Waals surface area contributed by atoms with Crippen LogP contribution in [0.2, 0.25) is 0 Å². The number of hydrogen-bond donors (Lipinski definition) is 2. The molecule has 0 atom stereocenters. The van der Waals surface area contributed by atoms with E-state index in [9.17, 15) is 4.79 Å². The normalized spacial score (nSPS) is 16.9. The number of likely N-dealkylation sites (N-methyl/N-ethyl adjacent to an activating group) is 1. The van der Waals surface area contributed by atoms with E-state index in [0.717, 1.165) is 32.4 Å². The minimum atomic E-state index is 0.179. The van der Waals surface area contributed by atoms with Crippen molar-refractivity contribution >= 4 is 5.91 Å². The molecule has 1 fully saturated rings. The van der Waals surface area contributed by atoms with Gasteiger partial charge >= 0.3 is 0 Å². The summed E-state index contributed by atoms with van der Waals surface area (Å²) in [6, 6.07) is 0.443. The molecule has 94 valence electrons. The van der Waals surface area contributed by atoms with Crippen molar-refractivity contribution in [3.05, 3.63) is 0 Å². The first-order valence-corrected chi connectivity index (χ1v) is 6.35. The molecule has 4 nitrogen and oxygen atoms in total. The molecule has 0 aromatic rings. The van der Waals surface area contributed by atoms with Gasteiger partial charge in [-0.25, -0.2) is 0 Å². The van der Waals surface area contributed by atoms with Crippen LogP contribution in [0.25, 0.3) is 0 Å². The Hall–Kier alpha value is -0.610. The third-order valence-corrected chi connectivity index (χ3v) is 3.10. The zero-order valence-corrected chi connectivity index (χ0v) is 10.6. The summed E-state index contributed by atoms with van der Waals surface area (Å²) >= 11 is 0. The first-order valence-electron chi connectivity index (χ1n) is 6.35. The van der Waals surface area contributed by atoms with Crippen molar-refractivity contribution < 1.29 is 4.79 Å². The number of carbonyl (C=O) groups excluding carboxylic acids is 1. The minimum Gasteiger partial charge on any atom is -0.352 e. The van der Waals surface area contributed by atoms with E-state index in [1.54, 1.807) is 0 Å². The van der Waals surface area contributed by atoms with Crippen LogP contribution in [0.1, 0.15) is 32.1 Å². The summed E-state index contributed by atoms with van der Waals surface area (Å²) in [5.41, 5.74) is 0. The molecule has 1 saturated carbocycles. The van der Waals surface area contributed by atoms with Gasteiger partial charge in [-0.15, -0.1) is 0 Å². The Morgan fingerprint density at radius 1 is 1.38 bits per heavy atom. The van der Waals surface area contributed by atoms with E-state index in [4.69, 9.17) is 0 Å². The summed E-state index contributed by atoms with van der Waals surface area (Å²) in [6.07, 6.45) is 5.94. The molecule has 1 amide bonds. The summed E-state index contributed by atoms with van der Waals surface area (Å²) in [4.78, 5) is 13.8. The van der Waals surface area contributed by atoms with Crippen LogP contribution in [0.4, 0.5) is 0 Å². The molecule has 0 radical (unpaired) electrons. The molecule has 1 aliphatic rings. The van der Waals surface area contributed by atoms with E-state index in [1.165, 1.54) is 12.8 Å². The van der Waals surface area contributed by atoms with Crippen LogP contribution in [0, 0.1) is 0 Å². The predicted molar refractivity (Wildman–Crippen MR) is 66.4 cm³/mol. The second-order valence-corrected chi connectivity index (χ2v) is 4.74. The highest BCUT2D eigenvalue weighted by Gasteiger charge is 2.17. The Kier molecular flexibility index (Phi) is 6.42. The Morgan fingerprint density at radius 3 is 2.69 bits per heavy atom. The van der Waals surface area contributed by atoms with Gasteiger partial charge in [0.25, 0.3) is 0 Å². The smallest absolute Gasteiger partial charge is 0.234 e. The van der Waals surface area contributed by atoms with Crippen molar-refractivity contribution in [3.8, 4) is 0 Å². The van der Waals surface area contributed by atoms with E-state index in [0.29, 0.717) is 12.6 Å². The highest BCUT2D eigenvalue weighted by molar-refractivity contribution is 5.78. The third-order valence-electron chi connectivity index (χ3n) is 3.10. The highest BCUT2D eigenvalue weighted by atomic mass is 16.2. The van der Waals surface area contributed by atoms with Crippen LogP contribution in [0.5, 0.6) is 0 Å². The van der Waals surface area contributed by atoms with Gasteiger partial charge in [0.05, 0.1) is 6.54 Å². The Morgan fingerprint density at radius 2 is 2.06 bits per heavy atom. The van der Waals surface area contributed by atoms with Crippen molar-refractivity contribution in [2.24, 2.45) is 0 Å². The third kappa shape index (κ3) is 5.47. The maximum absolute atomic E-state index is 11.7. The topological polar surface area (TPSA) is 44.4 Å². The molecule has 0 unspecified atom stereocenters. The molecule has 2 N–H and O–H groups in total. The van der Waals surface area contributed by atoms with Gasteiger partial charge in [0, 0.05) is 6.04 Å². The number of nitrogens with one attached hydrogen (secondary N) is 2. The van der Waals surface area contributed by atoms with Crippen molar-refractivity contribution in [2.45, 2.75) is 38.1 Å². The molecule has 0 spiro atoms. The van der Waals surface area contributed by atoms with Crippen LogP contribution in [0.15, 0.2) is 0 Å². The molecular weight excluding hydrogens is 202 g/mol. The van der Waals surface area contributed by atoms with Gasteiger partial charge in [-0.3, -0.25) is 9.69 Å². The fourth-order valence-electron chi connectivity index (χ4n) is 2.19. The molecule has 1 aliphatic carbocycles. The second kappa shape index (κ2) is 7.63. The predicted octanol–water partition coefficient (Wildman–Crippen LogP) is 0.587. The van der Waals surface area contributed by atoms with Crippen molar-refractivity contribution in [1.82, 2.24) is 15.5 Å². The maximum Gasteiger partial charge on any atom is 0.234 e. The Balaban J connectivity index is 2.07. The number of hydrogen-bond acceptors (Lipinski definition) is 3. The zero-order chi connectivity index (χ0) is 11.8. The monoisotopic (exact) mass is 227 g/mol. The van der Waals surface area contributed by atoms with E-state index in [2.05, 4.69) is 15.5 Å². The molecule has 0 aliphatic heterocycles. The lowest BCUT2D eigenvalue weighted by atomic mass is 10.2. The first kappa shape index (κ1) is 13.5. The molecular formula is C12H25N3O. The Bertz CT molecular complexity index is 202. The van der Waals surface area contributed by atoms with Crippen LogP contribution >= 0.6 is 0 Å². The fourth-order valence-corrected chi connectivity index (χ4v) is 2.19. The molecule has 0 aromatic carbocycles. The van der Waals surface area contributed by atoms with Gasteiger partial charge in [0.1, 0.15) is 0 Å². The van der Waals surface area contributed by atoms with Crippen LogP contribution in [0.3, 0.4) is 0 Å². The summed E-state index contributed by atoms with van der Waals surface area (Å²) in [5, 5.41) is 6.21. The summed E-state index contributed by atoms with van der Waals surface area (Å²) in [5.74, 6) is 0.179.